The zero-order chi connectivity index (χ0) is 22.7. The Labute approximate surface area is 184 Å². The number of alkyl halides is 2. The number of hydrogen-bond acceptors (Lipinski definition) is 4. The van der Waals surface area contributed by atoms with Crippen molar-refractivity contribution in [2.75, 3.05) is 6.54 Å². The molecule has 166 valence electrons. The first-order valence-corrected chi connectivity index (χ1v) is 10.3. The van der Waals surface area contributed by atoms with Gasteiger partial charge in [0.25, 0.3) is 17.7 Å². The number of carbonyl (C=O) groups is 2. The number of benzene rings is 2. The summed E-state index contributed by atoms with van der Waals surface area (Å²) in [4.78, 5) is 26.4. The van der Waals surface area contributed by atoms with E-state index in [0.717, 1.165) is 11.1 Å². The van der Waals surface area contributed by atoms with E-state index in [0.29, 0.717) is 12.1 Å². The van der Waals surface area contributed by atoms with Crippen LogP contribution in [0.3, 0.4) is 0 Å². The quantitative estimate of drug-likeness (QED) is 0.640. The molecule has 2 aromatic carbocycles. The summed E-state index contributed by atoms with van der Waals surface area (Å²) in [5.41, 5.74) is 2.27. The number of hydrogen-bond donors (Lipinski definition) is 1. The lowest BCUT2D eigenvalue weighted by Crippen LogP contribution is -2.38. The standard InChI is InChI=1S/C23H23F2N5O2/c1-16-6-5-9-18(10-16)22(32)30-15-23(24,25)11-19(30)13-29-14-20(27-28-29)21(31)26-12-17-7-3-2-4-8-17/h2-10,14,19H,11-13,15H2,1H3,(H,26,31). The summed E-state index contributed by atoms with van der Waals surface area (Å²) in [6.07, 6.45) is 0.937. The molecule has 2 heterocycles. The van der Waals surface area contributed by atoms with E-state index in [1.54, 1.807) is 18.2 Å². The maximum Gasteiger partial charge on any atom is 0.273 e. The fourth-order valence-electron chi connectivity index (χ4n) is 3.82. The number of halogens is 2. The third kappa shape index (κ3) is 4.99. The van der Waals surface area contributed by atoms with Gasteiger partial charge in [0, 0.05) is 18.5 Å². The van der Waals surface area contributed by atoms with Gasteiger partial charge >= 0.3 is 0 Å². The molecule has 0 aliphatic carbocycles. The number of carbonyl (C=O) groups excluding carboxylic acids is 2. The number of nitrogens with zero attached hydrogens (tertiary/aromatic N) is 4. The van der Waals surface area contributed by atoms with Gasteiger partial charge < -0.3 is 10.2 Å². The van der Waals surface area contributed by atoms with E-state index in [9.17, 15) is 18.4 Å². The zero-order valence-corrected chi connectivity index (χ0v) is 17.5. The molecule has 32 heavy (non-hydrogen) atoms. The average molecular weight is 439 g/mol. The van der Waals surface area contributed by atoms with Crippen molar-refractivity contribution in [1.82, 2.24) is 25.2 Å². The topological polar surface area (TPSA) is 80.1 Å². The summed E-state index contributed by atoms with van der Waals surface area (Å²) in [7, 11) is 0. The lowest BCUT2D eigenvalue weighted by molar-refractivity contribution is 0.0117. The third-order valence-corrected chi connectivity index (χ3v) is 5.37. The van der Waals surface area contributed by atoms with Crippen LogP contribution < -0.4 is 5.32 Å². The SMILES string of the molecule is Cc1cccc(C(=O)N2CC(F)(F)CC2Cn2cc(C(=O)NCc3ccccc3)nn2)c1. The highest BCUT2D eigenvalue weighted by Crippen LogP contribution is 2.33. The largest absolute Gasteiger partial charge is 0.347 e. The number of likely N-dealkylation sites (tertiary alicyclic amines) is 1. The van der Waals surface area contributed by atoms with Gasteiger partial charge in [0.2, 0.25) is 0 Å². The molecule has 1 atom stereocenters. The highest BCUT2D eigenvalue weighted by atomic mass is 19.3. The van der Waals surface area contributed by atoms with Crippen molar-refractivity contribution in [1.29, 1.82) is 0 Å². The predicted molar refractivity (Wildman–Crippen MR) is 113 cm³/mol. The molecule has 1 aromatic heterocycles. The van der Waals surface area contributed by atoms with Crippen molar-refractivity contribution < 1.29 is 18.4 Å². The molecule has 0 spiro atoms. The van der Waals surface area contributed by atoms with E-state index in [1.165, 1.54) is 15.8 Å². The minimum absolute atomic E-state index is 0.0200. The average Bonchev–Trinajstić information content (AvgIpc) is 3.36. The molecule has 1 aliphatic rings. The van der Waals surface area contributed by atoms with Crippen LogP contribution in [0.1, 0.15) is 38.4 Å². The van der Waals surface area contributed by atoms with Gasteiger partial charge in [-0.3, -0.25) is 9.59 Å². The summed E-state index contributed by atoms with van der Waals surface area (Å²) in [6.45, 7) is 1.54. The molecule has 4 rings (SSSR count). The lowest BCUT2D eigenvalue weighted by atomic mass is 10.1. The summed E-state index contributed by atoms with van der Waals surface area (Å²) in [5, 5.41) is 10.5. The van der Waals surface area contributed by atoms with Crippen molar-refractivity contribution in [2.24, 2.45) is 0 Å². The second kappa shape index (κ2) is 8.86. The molecule has 1 fully saturated rings. The highest BCUT2D eigenvalue weighted by molar-refractivity contribution is 5.95. The molecule has 0 bridgehead atoms. The molecule has 2 amide bonds. The van der Waals surface area contributed by atoms with E-state index in [2.05, 4.69) is 15.6 Å². The number of aryl methyl sites for hydroxylation is 1. The second-order valence-electron chi connectivity index (χ2n) is 8.01. The Morgan fingerprint density at radius 1 is 1.16 bits per heavy atom. The van der Waals surface area contributed by atoms with Crippen molar-refractivity contribution in [2.45, 2.75) is 38.4 Å². The molecule has 1 N–H and O–H groups in total. The Morgan fingerprint density at radius 3 is 2.69 bits per heavy atom. The first-order chi connectivity index (χ1) is 15.3. The predicted octanol–water partition coefficient (Wildman–Crippen LogP) is 3.07. The Hall–Kier alpha value is -3.62. The molecule has 7 nitrogen and oxygen atoms in total. The fourth-order valence-corrected chi connectivity index (χ4v) is 3.82. The van der Waals surface area contributed by atoms with E-state index in [4.69, 9.17) is 0 Å². The molecule has 9 heteroatoms. The van der Waals surface area contributed by atoms with E-state index in [1.807, 2.05) is 43.3 Å². The molecule has 3 aromatic rings. The zero-order valence-electron chi connectivity index (χ0n) is 17.5. The summed E-state index contributed by atoms with van der Waals surface area (Å²) in [6, 6.07) is 15.5. The maximum atomic E-state index is 14.2. The van der Waals surface area contributed by atoms with Gasteiger partial charge in [0.1, 0.15) is 0 Å². The van der Waals surface area contributed by atoms with Gasteiger partial charge in [-0.15, -0.1) is 5.10 Å². The molecule has 0 saturated carbocycles. The molecule has 1 aliphatic heterocycles. The van der Waals surface area contributed by atoms with Crippen LogP contribution in [0.25, 0.3) is 0 Å². The van der Waals surface area contributed by atoms with Crippen LogP contribution in [-0.4, -0.2) is 50.2 Å². The minimum atomic E-state index is -2.99. The van der Waals surface area contributed by atoms with Crippen molar-refractivity contribution in [3.05, 3.63) is 83.2 Å². The Bertz CT molecular complexity index is 1120. The highest BCUT2D eigenvalue weighted by Gasteiger charge is 2.47. The normalized spacial score (nSPS) is 17.3. The lowest BCUT2D eigenvalue weighted by Gasteiger charge is -2.24. The smallest absolute Gasteiger partial charge is 0.273 e. The van der Waals surface area contributed by atoms with Crippen molar-refractivity contribution in [3.63, 3.8) is 0 Å². The number of aromatic nitrogens is 3. The fraction of sp³-hybridized carbons (Fsp3) is 0.304. The van der Waals surface area contributed by atoms with Gasteiger partial charge in [-0.25, -0.2) is 13.5 Å². The van der Waals surface area contributed by atoms with Gasteiger partial charge in [-0.1, -0.05) is 53.2 Å². The van der Waals surface area contributed by atoms with Gasteiger partial charge in [0.05, 0.1) is 25.3 Å². The summed E-state index contributed by atoms with van der Waals surface area (Å²) < 4.78 is 29.7. The van der Waals surface area contributed by atoms with Crippen LogP contribution in [0.4, 0.5) is 8.78 Å². The van der Waals surface area contributed by atoms with E-state index in [-0.39, 0.29) is 12.2 Å². The molecule has 1 unspecified atom stereocenters. The van der Waals surface area contributed by atoms with Crippen LogP contribution >= 0.6 is 0 Å². The first-order valence-electron chi connectivity index (χ1n) is 10.3. The Kier molecular flexibility index (Phi) is 5.98. The van der Waals surface area contributed by atoms with Crippen LogP contribution in [0.5, 0.6) is 0 Å². The van der Waals surface area contributed by atoms with Gasteiger partial charge in [-0.2, -0.15) is 0 Å². The van der Waals surface area contributed by atoms with Gasteiger partial charge in [-0.05, 0) is 24.6 Å². The van der Waals surface area contributed by atoms with Crippen LogP contribution in [0.2, 0.25) is 0 Å². The summed E-state index contributed by atoms with van der Waals surface area (Å²) in [5.74, 6) is -3.85. The second-order valence-corrected chi connectivity index (χ2v) is 8.01. The van der Waals surface area contributed by atoms with E-state index < -0.39 is 36.7 Å². The first kappa shape index (κ1) is 21.6. The van der Waals surface area contributed by atoms with Crippen LogP contribution in [-0.2, 0) is 13.1 Å². The Morgan fingerprint density at radius 2 is 1.94 bits per heavy atom. The minimum Gasteiger partial charge on any atom is -0.347 e. The van der Waals surface area contributed by atoms with Crippen molar-refractivity contribution in [3.8, 4) is 0 Å². The van der Waals surface area contributed by atoms with Crippen LogP contribution in [0, 0.1) is 6.92 Å². The third-order valence-electron chi connectivity index (χ3n) is 5.37. The van der Waals surface area contributed by atoms with Crippen LogP contribution in [0.15, 0.2) is 60.8 Å². The number of nitrogens with one attached hydrogen (secondary N) is 1. The van der Waals surface area contributed by atoms with E-state index >= 15 is 0 Å². The van der Waals surface area contributed by atoms with Crippen molar-refractivity contribution >= 4 is 11.8 Å². The van der Waals surface area contributed by atoms with Gasteiger partial charge in [0.15, 0.2) is 5.69 Å². The molecule has 0 radical (unpaired) electrons. The molecule has 1 saturated heterocycles. The molecular formula is C23H23F2N5O2. The Balaban J connectivity index is 1.43. The number of amides is 2. The summed E-state index contributed by atoms with van der Waals surface area (Å²) >= 11 is 0. The number of rotatable bonds is 6. The molecular weight excluding hydrogens is 416 g/mol. The monoisotopic (exact) mass is 439 g/mol. The maximum absolute atomic E-state index is 14.2.